The zero-order valence-corrected chi connectivity index (χ0v) is 12.7. The van der Waals surface area contributed by atoms with Crippen LogP contribution in [0.2, 0.25) is 0 Å². The Labute approximate surface area is 113 Å². The fourth-order valence-electron chi connectivity index (χ4n) is 2.72. The molecule has 1 rings (SSSR count). The monoisotopic (exact) mass is 256 g/mol. The van der Waals surface area contributed by atoms with Gasteiger partial charge in [0.15, 0.2) is 0 Å². The van der Waals surface area contributed by atoms with Crippen LogP contribution in [0.4, 0.5) is 0 Å². The van der Waals surface area contributed by atoms with Crippen molar-refractivity contribution in [3.8, 4) is 0 Å². The molecule has 1 aliphatic carbocycles. The molecule has 1 aliphatic rings. The van der Waals surface area contributed by atoms with Gasteiger partial charge in [0, 0.05) is 18.7 Å². The number of hydrogen-bond acceptors (Lipinski definition) is 3. The Morgan fingerprint density at radius 2 is 1.89 bits per heavy atom. The second kappa shape index (κ2) is 8.89. The van der Waals surface area contributed by atoms with Crippen molar-refractivity contribution in [2.24, 2.45) is 0 Å². The molecule has 108 valence electrons. The highest BCUT2D eigenvalue weighted by atomic mass is 16.5. The minimum absolute atomic E-state index is 0.523. The topological polar surface area (TPSA) is 24.5 Å². The Morgan fingerprint density at radius 3 is 2.44 bits per heavy atom. The normalized spacial score (nSPS) is 25.2. The van der Waals surface area contributed by atoms with Crippen LogP contribution in [-0.4, -0.2) is 49.3 Å². The lowest BCUT2D eigenvalue weighted by atomic mass is 9.88. The number of hydrogen-bond donors (Lipinski definition) is 1. The second-order valence-electron chi connectivity index (χ2n) is 5.48. The maximum absolute atomic E-state index is 5.58. The quantitative estimate of drug-likeness (QED) is 0.650. The Kier molecular flexibility index (Phi) is 7.87. The summed E-state index contributed by atoms with van der Waals surface area (Å²) in [6.07, 6.45) is 5.52. The summed E-state index contributed by atoms with van der Waals surface area (Å²) in [5.41, 5.74) is 0. The summed E-state index contributed by atoms with van der Waals surface area (Å²) in [5, 5.41) is 3.72. The Bertz CT molecular complexity index is 201. The summed E-state index contributed by atoms with van der Waals surface area (Å²) in [6, 6.07) is 1.35. The molecule has 1 N–H and O–H groups in total. The summed E-state index contributed by atoms with van der Waals surface area (Å²) in [7, 11) is 0. The molecule has 18 heavy (non-hydrogen) atoms. The molecule has 0 aromatic rings. The average molecular weight is 256 g/mol. The molecule has 0 amide bonds. The van der Waals surface area contributed by atoms with E-state index in [9.17, 15) is 0 Å². The van der Waals surface area contributed by atoms with Crippen molar-refractivity contribution in [1.29, 1.82) is 0 Å². The minimum atomic E-state index is 0.523. The van der Waals surface area contributed by atoms with E-state index in [4.69, 9.17) is 4.74 Å². The summed E-state index contributed by atoms with van der Waals surface area (Å²) in [5.74, 6) is 0. The smallest absolute Gasteiger partial charge is 0.0604 e. The van der Waals surface area contributed by atoms with E-state index in [2.05, 4.69) is 37.9 Å². The molecule has 1 unspecified atom stereocenters. The zero-order chi connectivity index (χ0) is 13.4. The van der Waals surface area contributed by atoms with Crippen LogP contribution in [0.15, 0.2) is 0 Å². The van der Waals surface area contributed by atoms with Crippen molar-refractivity contribution in [3.63, 3.8) is 0 Å². The van der Waals surface area contributed by atoms with Gasteiger partial charge in [0.1, 0.15) is 0 Å². The predicted molar refractivity (Wildman–Crippen MR) is 78.1 cm³/mol. The van der Waals surface area contributed by atoms with E-state index >= 15 is 0 Å². The Balaban J connectivity index is 1.99. The largest absolute Gasteiger partial charge is 0.378 e. The van der Waals surface area contributed by atoms with Crippen molar-refractivity contribution < 1.29 is 4.74 Å². The third-order valence-corrected chi connectivity index (χ3v) is 4.02. The average Bonchev–Trinajstić information content (AvgIpc) is 2.32. The summed E-state index contributed by atoms with van der Waals surface area (Å²) in [6.45, 7) is 13.3. The maximum Gasteiger partial charge on any atom is 0.0604 e. The molecule has 1 saturated carbocycles. The Hall–Kier alpha value is -0.120. The molecular weight excluding hydrogens is 224 g/mol. The van der Waals surface area contributed by atoms with E-state index in [0.717, 1.165) is 6.61 Å². The van der Waals surface area contributed by atoms with Crippen LogP contribution in [0.3, 0.4) is 0 Å². The van der Waals surface area contributed by atoms with Crippen LogP contribution in [0.1, 0.15) is 53.4 Å². The van der Waals surface area contributed by atoms with Crippen LogP contribution in [0.5, 0.6) is 0 Å². The first-order valence-corrected chi connectivity index (χ1v) is 7.79. The van der Waals surface area contributed by atoms with Crippen molar-refractivity contribution in [1.82, 2.24) is 10.2 Å². The molecule has 0 spiro atoms. The van der Waals surface area contributed by atoms with Crippen LogP contribution in [0, 0.1) is 0 Å². The van der Waals surface area contributed by atoms with Gasteiger partial charge in [0.2, 0.25) is 0 Å². The molecule has 0 aliphatic heterocycles. The Morgan fingerprint density at radius 1 is 1.22 bits per heavy atom. The van der Waals surface area contributed by atoms with Gasteiger partial charge in [-0.2, -0.15) is 0 Å². The van der Waals surface area contributed by atoms with Crippen molar-refractivity contribution in [2.75, 3.05) is 26.2 Å². The van der Waals surface area contributed by atoms with E-state index in [1.807, 2.05) is 0 Å². The van der Waals surface area contributed by atoms with Gasteiger partial charge in [-0.25, -0.2) is 0 Å². The third kappa shape index (κ3) is 5.68. The van der Waals surface area contributed by atoms with Gasteiger partial charge in [0.05, 0.1) is 6.10 Å². The third-order valence-electron chi connectivity index (χ3n) is 4.02. The molecule has 0 aromatic heterocycles. The van der Waals surface area contributed by atoms with Crippen molar-refractivity contribution in [2.45, 2.75) is 71.6 Å². The fourth-order valence-corrected chi connectivity index (χ4v) is 2.72. The fraction of sp³-hybridized carbons (Fsp3) is 1.00. The lowest BCUT2D eigenvalue weighted by molar-refractivity contribution is -0.0122. The standard InChI is InChI=1S/C15H32N2O/c1-5-17(6-2)10-8-9-13(4)16-14-11-15(12-14)18-7-3/h13-16H,5-12H2,1-4H3. The molecule has 0 aromatic carbocycles. The highest BCUT2D eigenvalue weighted by molar-refractivity contribution is 4.87. The van der Waals surface area contributed by atoms with Gasteiger partial charge in [-0.05, 0) is 59.2 Å². The number of nitrogens with zero attached hydrogens (tertiary/aromatic N) is 1. The maximum atomic E-state index is 5.58. The molecule has 1 atom stereocenters. The first-order chi connectivity index (χ1) is 8.69. The molecule has 3 heteroatoms. The molecular formula is C15H32N2O. The van der Waals surface area contributed by atoms with Gasteiger partial charge in [-0.1, -0.05) is 13.8 Å². The molecule has 0 heterocycles. The van der Waals surface area contributed by atoms with E-state index < -0.39 is 0 Å². The lowest BCUT2D eigenvalue weighted by Crippen LogP contribution is -2.48. The highest BCUT2D eigenvalue weighted by Crippen LogP contribution is 2.23. The zero-order valence-electron chi connectivity index (χ0n) is 12.7. The SMILES string of the molecule is CCOC1CC(NC(C)CCCN(CC)CC)C1. The van der Waals surface area contributed by atoms with Crippen LogP contribution >= 0.6 is 0 Å². The van der Waals surface area contributed by atoms with E-state index in [-0.39, 0.29) is 0 Å². The van der Waals surface area contributed by atoms with E-state index in [1.165, 1.54) is 45.3 Å². The first-order valence-electron chi connectivity index (χ1n) is 7.79. The second-order valence-corrected chi connectivity index (χ2v) is 5.48. The van der Waals surface area contributed by atoms with E-state index in [1.54, 1.807) is 0 Å². The highest BCUT2D eigenvalue weighted by Gasteiger charge is 2.29. The molecule has 0 saturated heterocycles. The van der Waals surface area contributed by atoms with Crippen LogP contribution in [0.25, 0.3) is 0 Å². The predicted octanol–water partition coefficient (Wildman–Crippen LogP) is 2.65. The van der Waals surface area contributed by atoms with Gasteiger partial charge in [-0.15, -0.1) is 0 Å². The number of ether oxygens (including phenoxy) is 1. The summed E-state index contributed by atoms with van der Waals surface area (Å²) in [4.78, 5) is 2.50. The summed E-state index contributed by atoms with van der Waals surface area (Å²) >= 11 is 0. The summed E-state index contributed by atoms with van der Waals surface area (Å²) < 4.78 is 5.58. The lowest BCUT2D eigenvalue weighted by Gasteiger charge is -2.37. The molecule has 1 fully saturated rings. The molecule has 0 bridgehead atoms. The first kappa shape index (κ1) is 15.9. The van der Waals surface area contributed by atoms with Crippen molar-refractivity contribution >= 4 is 0 Å². The van der Waals surface area contributed by atoms with Gasteiger partial charge < -0.3 is 15.0 Å². The van der Waals surface area contributed by atoms with Crippen molar-refractivity contribution in [3.05, 3.63) is 0 Å². The molecule has 0 radical (unpaired) electrons. The van der Waals surface area contributed by atoms with Crippen LogP contribution in [-0.2, 0) is 4.74 Å². The van der Waals surface area contributed by atoms with Crippen LogP contribution < -0.4 is 5.32 Å². The minimum Gasteiger partial charge on any atom is -0.378 e. The number of nitrogens with one attached hydrogen (secondary N) is 1. The van der Waals surface area contributed by atoms with Gasteiger partial charge in [0.25, 0.3) is 0 Å². The van der Waals surface area contributed by atoms with Gasteiger partial charge in [-0.3, -0.25) is 0 Å². The van der Waals surface area contributed by atoms with Gasteiger partial charge >= 0.3 is 0 Å². The number of rotatable bonds is 10. The van der Waals surface area contributed by atoms with E-state index in [0.29, 0.717) is 18.2 Å². The molecule has 3 nitrogen and oxygen atoms in total.